The van der Waals surface area contributed by atoms with Gasteiger partial charge >= 0.3 is 0 Å². The van der Waals surface area contributed by atoms with Gasteiger partial charge in [-0.25, -0.2) is 0 Å². The molecule has 0 aliphatic carbocycles. The van der Waals surface area contributed by atoms with Crippen molar-refractivity contribution in [3.63, 3.8) is 0 Å². The zero-order chi connectivity index (χ0) is 17.8. The van der Waals surface area contributed by atoms with E-state index in [1.807, 2.05) is 50.2 Å². The van der Waals surface area contributed by atoms with Crippen molar-refractivity contribution in [1.82, 2.24) is 4.98 Å². The molecule has 25 heavy (non-hydrogen) atoms. The largest absolute Gasteiger partial charge is 0.382 e. The average Bonchev–Trinajstić information content (AvgIpc) is 2.97. The summed E-state index contributed by atoms with van der Waals surface area (Å²) in [5.41, 5.74) is 4.68. The average molecular weight is 335 g/mol. The molecule has 0 fully saturated rings. The number of fused-ring (bicyclic) bond motifs is 1. The predicted molar refractivity (Wildman–Crippen MR) is 102 cm³/mol. The van der Waals surface area contributed by atoms with Gasteiger partial charge in [0.25, 0.3) is 0 Å². The zero-order valence-corrected chi connectivity index (χ0v) is 15.1. The van der Waals surface area contributed by atoms with Crippen LogP contribution in [0.3, 0.4) is 0 Å². The molecule has 3 aromatic rings. The summed E-state index contributed by atoms with van der Waals surface area (Å²) in [6.45, 7) is 7.66. The van der Waals surface area contributed by atoms with Gasteiger partial charge in [-0.1, -0.05) is 49.4 Å². The molecule has 0 spiro atoms. The fourth-order valence-electron chi connectivity index (χ4n) is 3.39. The molecule has 1 aromatic heterocycles. The quantitative estimate of drug-likeness (QED) is 0.474. The Hall–Kier alpha value is -2.39. The molecule has 0 amide bonds. The number of hydrogen-bond acceptors (Lipinski definition) is 2. The maximum Gasteiger partial charge on any atom is 0.195 e. The summed E-state index contributed by atoms with van der Waals surface area (Å²) in [6.07, 6.45) is 0.941. The normalized spacial score (nSPS) is 12.4. The van der Waals surface area contributed by atoms with Crippen LogP contribution < -0.4 is 0 Å². The molecule has 3 heteroatoms. The summed E-state index contributed by atoms with van der Waals surface area (Å²) in [6, 6.07) is 15.7. The lowest BCUT2D eigenvalue weighted by Gasteiger charge is -2.14. The van der Waals surface area contributed by atoms with E-state index >= 15 is 0 Å². The third kappa shape index (κ3) is 3.52. The van der Waals surface area contributed by atoms with E-state index in [9.17, 15) is 4.79 Å². The van der Waals surface area contributed by atoms with E-state index in [0.29, 0.717) is 5.92 Å². The van der Waals surface area contributed by atoms with Crippen LogP contribution in [0, 0.1) is 6.92 Å². The van der Waals surface area contributed by atoms with Gasteiger partial charge in [0.15, 0.2) is 5.78 Å². The number of aromatic amines is 1. The van der Waals surface area contributed by atoms with E-state index in [0.717, 1.165) is 47.4 Å². The van der Waals surface area contributed by atoms with Gasteiger partial charge in [0.05, 0.1) is 5.56 Å². The van der Waals surface area contributed by atoms with Gasteiger partial charge in [0.1, 0.15) is 0 Å². The van der Waals surface area contributed by atoms with Crippen molar-refractivity contribution in [1.29, 1.82) is 0 Å². The molecule has 0 saturated carbocycles. The van der Waals surface area contributed by atoms with Crippen molar-refractivity contribution in [2.45, 2.75) is 33.1 Å². The summed E-state index contributed by atoms with van der Waals surface area (Å²) in [5, 5.41) is 1.05. The zero-order valence-electron chi connectivity index (χ0n) is 15.1. The molecule has 1 unspecified atom stereocenters. The van der Waals surface area contributed by atoms with Gasteiger partial charge in [-0.3, -0.25) is 4.79 Å². The van der Waals surface area contributed by atoms with Crippen LogP contribution in [0.5, 0.6) is 0 Å². The van der Waals surface area contributed by atoms with Gasteiger partial charge in [-0.15, -0.1) is 0 Å². The van der Waals surface area contributed by atoms with Crippen LogP contribution in [0.15, 0.2) is 48.5 Å². The highest BCUT2D eigenvalue weighted by Gasteiger charge is 2.21. The third-order valence-electron chi connectivity index (χ3n) is 4.74. The van der Waals surface area contributed by atoms with Gasteiger partial charge in [-0.2, -0.15) is 0 Å². The fraction of sp³-hybridized carbons (Fsp3) is 0.318. The molecule has 1 heterocycles. The Labute approximate surface area is 149 Å². The predicted octanol–water partition coefficient (Wildman–Crippen LogP) is 5.24. The highest BCUT2D eigenvalue weighted by atomic mass is 16.5. The first kappa shape index (κ1) is 17.4. The molecular weight excluding hydrogens is 310 g/mol. The standard InChI is InChI=1S/C22H25NO2/c1-4-25-14-13-15(2)18-11-8-12-19-21(18)20(16(3)23-19)22(24)17-9-6-5-7-10-17/h5-12,15,23H,4,13-14H2,1-3H3. The van der Waals surface area contributed by atoms with E-state index in [1.54, 1.807) is 0 Å². The van der Waals surface area contributed by atoms with Crippen molar-refractivity contribution in [2.24, 2.45) is 0 Å². The first-order valence-electron chi connectivity index (χ1n) is 8.92. The lowest BCUT2D eigenvalue weighted by atomic mass is 9.90. The number of ketones is 1. The number of hydrogen-bond donors (Lipinski definition) is 1. The minimum absolute atomic E-state index is 0.0776. The summed E-state index contributed by atoms with van der Waals surface area (Å²) in [4.78, 5) is 16.5. The number of carbonyl (C=O) groups excluding carboxylic acids is 1. The van der Waals surface area contributed by atoms with E-state index in [1.165, 1.54) is 5.56 Å². The SMILES string of the molecule is CCOCCC(C)c1cccc2[nH]c(C)c(C(=O)c3ccccc3)c12. The molecule has 3 nitrogen and oxygen atoms in total. The van der Waals surface area contributed by atoms with Crippen molar-refractivity contribution >= 4 is 16.7 Å². The number of benzene rings is 2. The molecule has 0 aliphatic heterocycles. The van der Waals surface area contributed by atoms with Crippen LogP contribution >= 0.6 is 0 Å². The van der Waals surface area contributed by atoms with E-state index in [4.69, 9.17) is 4.74 Å². The van der Waals surface area contributed by atoms with Crippen LogP contribution in [0.2, 0.25) is 0 Å². The molecule has 2 aromatic carbocycles. The van der Waals surface area contributed by atoms with Crippen LogP contribution in [0.1, 0.15) is 53.4 Å². The maximum atomic E-state index is 13.1. The molecule has 1 atom stereocenters. The van der Waals surface area contributed by atoms with Crippen LogP contribution in [-0.4, -0.2) is 24.0 Å². The Bertz CT molecular complexity index is 864. The van der Waals surface area contributed by atoms with E-state index < -0.39 is 0 Å². The molecule has 0 radical (unpaired) electrons. The minimum atomic E-state index is 0.0776. The van der Waals surface area contributed by atoms with Gasteiger partial charge in [0.2, 0.25) is 0 Å². The smallest absolute Gasteiger partial charge is 0.195 e. The highest BCUT2D eigenvalue weighted by Crippen LogP contribution is 2.33. The van der Waals surface area contributed by atoms with Crippen molar-refractivity contribution < 1.29 is 9.53 Å². The maximum absolute atomic E-state index is 13.1. The fourth-order valence-corrected chi connectivity index (χ4v) is 3.39. The number of rotatable bonds is 7. The van der Waals surface area contributed by atoms with Crippen LogP contribution in [-0.2, 0) is 4.74 Å². The van der Waals surface area contributed by atoms with Crippen molar-refractivity contribution in [3.05, 3.63) is 70.9 Å². The van der Waals surface area contributed by atoms with E-state index in [-0.39, 0.29) is 5.78 Å². The second-order valence-corrected chi connectivity index (χ2v) is 6.48. The summed E-state index contributed by atoms with van der Waals surface area (Å²) >= 11 is 0. The van der Waals surface area contributed by atoms with Crippen molar-refractivity contribution in [2.75, 3.05) is 13.2 Å². The highest BCUT2D eigenvalue weighted by molar-refractivity contribution is 6.18. The molecule has 130 valence electrons. The summed E-state index contributed by atoms with van der Waals surface area (Å²) in [7, 11) is 0. The Morgan fingerprint density at radius 3 is 2.60 bits per heavy atom. The number of nitrogens with one attached hydrogen (secondary N) is 1. The Balaban J connectivity index is 2.07. The number of aromatic nitrogens is 1. The van der Waals surface area contributed by atoms with E-state index in [2.05, 4.69) is 24.0 Å². The molecule has 3 rings (SSSR count). The van der Waals surface area contributed by atoms with Gasteiger partial charge in [0, 0.05) is 35.4 Å². The Morgan fingerprint density at radius 1 is 1.12 bits per heavy atom. The number of carbonyl (C=O) groups is 1. The lowest BCUT2D eigenvalue weighted by molar-refractivity contribution is 0.103. The monoisotopic (exact) mass is 335 g/mol. The number of ether oxygens (including phenoxy) is 1. The van der Waals surface area contributed by atoms with Gasteiger partial charge in [-0.05, 0) is 37.8 Å². The molecular formula is C22H25NO2. The van der Waals surface area contributed by atoms with Crippen molar-refractivity contribution in [3.8, 4) is 0 Å². The first-order valence-corrected chi connectivity index (χ1v) is 8.92. The second kappa shape index (κ2) is 7.66. The second-order valence-electron chi connectivity index (χ2n) is 6.48. The Morgan fingerprint density at radius 2 is 1.88 bits per heavy atom. The number of H-pyrrole nitrogens is 1. The summed E-state index contributed by atoms with van der Waals surface area (Å²) in [5.74, 6) is 0.404. The first-order chi connectivity index (χ1) is 12.1. The Kier molecular flexibility index (Phi) is 5.34. The summed E-state index contributed by atoms with van der Waals surface area (Å²) < 4.78 is 5.52. The molecule has 0 aliphatic rings. The lowest BCUT2D eigenvalue weighted by Crippen LogP contribution is -2.05. The minimum Gasteiger partial charge on any atom is -0.382 e. The number of aryl methyl sites for hydroxylation is 1. The van der Waals surface area contributed by atoms with Gasteiger partial charge < -0.3 is 9.72 Å². The van der Waals surface area contributed by atoms with Crippen LogP contribution in [0.25, 0.3) is 10.9 Å². The molecule has 0 bridgehead atoms. The molecule has 0 saturated heterocycles. The molecule has 1 N–H and O–H groups in total. The van der Waals surface area contributed by atoms with Crippen LogP contribution in [0.4, 0.5) is 0 Å². The topological polar surface area (TPSA) is 42.1 Å². The third-order valence-corrected chi connectivity index (χ3v) is 4.74.